The minimum absolute atomic E-state index is 0.400. The van der Waals surface area contributed by atoms with Gasteiger partial charge in [0.2, 0.25) is 0 Å². The lowest BCUT2D eigenvalue weighted by molar-refractivity contribution is 0.729. The first-order valence-corrected chi connectivity index (χ1v) is 7.00. The molecule has 0 bridgehead atoms. The fraction of sp³-hybridized carbons (Fsp3) is 0.250. The highest BCUT2D eigenvalue weighted by atomic mass is 35.5. The Morgan fingerprint density at radius 2 is 1.90 bits per heavy atom. The Hall–Kier alpha value is -2.07. The summed E-state index contributed by atoms with van der Waals surface area (Å²) in [4.78, 5) is 24.3. The molecule has 0 aliphatic carbocycles. The van der Waals surface area contributed by atoms with E-state index in [1.54, 1.807) is 30.6 Å². The second-order valence-electron chi connectivity index (χ2n) is 5.15. The molecule has 110 valence electrons. The van der Waals surface area contributed by atoms with Gasteiger partial charge in [0.25, 0.3) is 0 Å². The molecule has 2 aromatic rings. The van der Waals surface area contributed by atoms with Crippen LogP contribution in [-0.4, -0.2) is 9.13 Å². The van der Waals surface area contributed by atoms with Crippen molar-refractivity contribution < 1.29 is 0 Å². The highest BCUT2D eigenvalue weighted by Gasteiger charge is 2.07. The Morgan fingerprint density at radius 3 is 2.52 bits per heavy atom. The normalized spacial score (nSPS) is 10.5. The molecule has 0 radical (unpaired) electrons. The zero-order chi connectivity index (χ0) is 15.6. The zero-order valence-corrected chi connectivity index (χ0v) is 13.0. The first-order chi connectivity index (χ1) is 9.90. The molecule has 1 aromatic carbocycles. The van der Waals surface area contributed by atoms with Crippen molar-refractivity contribution in [1.82, 2.24) is 9.13 Å². The van der Waals surface area contributed by atoms with Crippen molar-refractivity contribution in [1.29, 1.82) is 0 Å². The number of aryl methyl sites for hydroxylation is 1. The van der Waals surface area contributed by atoms with Crippen LogP contribution in [0.15, 0.2) is 51.8 Å². The third-order valence-electron chi connectivity index (χ3n) is 3.17. The molecule has 0 amide bonds. The van der Waals surface area contributed by atoms with Crippen molar-refractivity contribution in [3.63, 3.8) is 0 Å². The number of rotatable bonds is 3. The molecule has 0 saturated heterocycles. The molecule has 0 aliphatic heterocycles. The quantitative estimate of drug-likeness (QED) is 0.646. The molecule has 1 aromatic heterocycles. The van der Waals surface area contributed by atoms with Gasteiger partial charge in [0.05, 0.1) is 0 Å². The van der Waals surface area contributed by atoms with Crippen molar-refractivity contribution in [2.24, 2.45) is 0 Å². The molecule has 0 spiro atoms. The van der Waals surface area contributed by atoms with E-state index in [1.165, 1.54) is 9.13 Å². The van der Waals surface area contributed by atoms with Crippen LogP contribution in [0.3, 0.4) is 0 Å². The topological polar surface area (TPSA) is 44.0 Å². The highest BCUT2D eigenvalue weighted by Crippen LogP contribution is 2.17. The van der Waals surface area contributed by atoms with Gasteiger partial charge in [-0.05, 0) is 44.5 Å². The summed E-state index contributed by atoms with van der Waals surface area (Å²) >= 11 is 5.98. The summed E-state index contributed by atoms with van der Waals surface area (Å²) in [6.45, 7) is 6.15. The highest BCUT2D eigenvalue weighted by molar-refractivity contribution is 6.31. The lowest BCUT2D eigenvalue weighted by Crippen LogP contribution is -2.39. The second kappa shape index (κ2) is 6.14. The lowest BCUT2D eigenvalue weighted by atomic mass is 10.2. The zero-order valence-electron chi connectivity index (χ0n) is 12.3. The van der Waals surface area contributed by atoms with Gasteiger partial charge >= 0.3 is 11.1 Å². The van der Waals surface area contributed by atoms with Gasteiger partial charge in [-0.3, -0.25) is 14.2 Å². The number of nitrogens with zero attached hydrogens (tertiary/aromatic N) is 2. The third kappa shape index (κ3) is 3.34. The molecular formula is C16H17ClN2O2. The maximum absolute atomic E-state index is 12.2. The number of halogens is 1. The van der Waals surface area contributed by atoms with E-state index < -0.39 is 11.1 Å². The fourth-order valence-corrected chi connectivity index (χ4v) is 2.03. The smallest absolute Gasteiger partial charge is 0.305 e. The molecule has 1 heterocycles. The molecule has 2 rings (SSSR count). The molecule has 5 heteroatoms. The van der Waals surface area contributed by atoms with Crippen LogP contribution in [0, 0.1) is 6.92 Å². The summed E-state index contributed by atoms with van der Waals surface area (Å²) in [6, 6.07) is 5.22. The van der Waals surface area contributed by atoms with E-state index in [0.29, 0.717) is 17.3 Å². The van der Waals surface area contributed by atoms with Gasteiger partial charge < -0.3 is 4.57 Å². The molecule has 0 fully saturated rings. The van der Waals surface area contributed by atoms with E-state index in [-0.39, 0.29) is 0 Å². The number of allylic oxidation sites excluding steroid dienone is 2. The van der Waals surface area contributed by atoms with Crippen LogP contribution in [0.1, 0.15) is 19.4 Å². The van der Waals surface area contributed by atoms with Gasteiger partial charge in [-0.2, -0.15) is 0 Å². The van der Waals surface area contributed by atoms with Gasteiger partial charge in [-0.25, -0.2) is 0 Å². The molecule has 0 atom stereocenters. The Kier molecular flexibility index (Phi) is 4.48. The summed E-state index contributed by atoms with van der Waals surface area (Å²) < 4.78 is 2.74. The number of hydrogen-bond acceptors (Lipinski definition) is 2. The summed E-state index contributed by atoms with van der Waals surface area (Å²) in [6.07, 6.45) is 5.12. The van der Waals surface area contributed by atoms with Crippen LogP contribution in [-0.2, 0) is 6.54 Å². The summed E-state index contributed by atoms with van der Waals surface area (Å²) in [5, 5.41) is 0.628. The molecule has 0 unspecified atom stereocenters. The molecule has 21 heavy (non-hydrogen) atoms. The number of benzene rings is 1. The van der Waals surface area contributed by atoms with Crippen molar-refractivity contribution >= 4 is 11.6 Å². The van der Waals surface area contributed by atoms with Crippen molar-refractivity contribution in [3.8, 4) is 5.69 Å². The Balaban J connectivity index is 2.50. The van der Waals surface area contributed by atoms with E-state index in [9.17, 15) is 9.59 Å². The first kappa shape index (κ1) is 15.3. The van der Waals surface area contributed by atoms with E-state index >= 15 is 0 Å². The van der Waals surface area contributed by atoms with Crippen LogP contribution in [0.2, 0.25) is 5.02 Å². The summed E-state index contributed by atoms with van der Waals surface area (Å²) in [7, 11) is 0. The van der Waals surface area contributed by atoms with Crippen LogP contribution in [0.4, 0.5) is 0 Å². The van der Waals surface area contributed by atoms with Gasteiger partial charge in [0, 0.05) is 29.6 Å². The summed E-state index contributed by atoms with van der Waals surface area (Å²) in [5.74, 6) is 0. The second-order valence-corrected chi connectivity index (χ2v) is 5.55. The van der Waals surface area contributed by atoms with Crippen molar-refractivity contribution in [2.45, 2.75) is 27.3 Å². The third-order valence-corrected chi connectivity index (χ3v) is 3.60. The molecule has 0 N–H and O–H groups in total. The van der Waals surface area contributed by atoms with Crippen LogP contribution in [0.5, 0.6) is 0 Å². The van der Waals surface area contributed by atoms with E-state index in [2.05, 4.69) is 0 Å². The van der Waals surface area contributed by atoms with Crippen LogP contribution in [0.25, 0.3) is 5.69 Å². The fourth-order valence-electron chi connectivity index (χ4n) is 1.92. The minimum atomic E-state index is -0.568. The van der Waals surface area contributed by atoms with E-state index in [0.717, 1.165) is 11.1 Å². The van der Waals surface area contributed by atoms with E-state index in [4.69, 9.17) is 11.6 Å². The Labute approximate surface area is 127 Å². The maximum atomic E-state index is 12.2. The monoisotopic (exact) mass is 304 g/mol. The molecule has 4 nitrogen and oxygen atoms in total. The maximum Gasteiger partial charge on any atom is 0.320 e. The predicted octanol–water partition coefficient (Wildman–Crippen LogP) is 2.93. The average molecular weight is 305 g/mol. The molecule has 0 aliphatic rings. The van der Waals surface area contributed by atoms with Crippen LogP contribution < -0.4 is 11.1 Å². The van der Waals surface area contributed by atoms with Crippen molar-refractivity contribution in [3.05, 3.63) is 73.5 Å². The molecule has 0 saturated carbocycles. The van der Waals surface area contributed by atoms with Crippen LogP contribution >= 0.6 is 11.6 Å². The number of aromatic nitrogens is 2. The average Bonchev–Trinajstić information content (AvgIpc) is 2.43. The summed E-state index contributed by atoms with van der Waals surface area (Å²) in [5.41, 5.74) is 1.48. The SMILES string of the molecule is CC(C)=CCn1ccn(-c2ccc(Cl)c(C)c2)c(=O)c1=O. The lowest BCUT2D eigenvalue weighted by Gasteiger charge is -2.09. The predicted molar refractivity (Wildman–Crippen MR) is 85.5 cm³/mol. The Bertz CT molecular complexity index is 812. The number of hydrogen-bond donors (Lipinski definition) is 0. The van der Waals surface area contributed by atoms with Gasteiger partial charge in [-0.1, -0.05) is 23.3 Å². The first-order valence-electron chi connectivity index (χ1n) is 6.62. The van der Waals surface area contributed by atoms with Gasteiger partial charge in [0.15, 0.2) is 0 Å². The van der Waals surface area contributed by atoms with Gasteiger partial charge in [-0.15, -0.1) is 0 Å². The standard InChI is InChI=1S/C16H17ClN2O2/c1-11(2)6-7-18-8-9-19(16(21)15(18)20)13-4-5-14(17)12(3)10-13/h4-6,8-10H,7H2,1-3H3. The van der Waals surface area contributed by atoms with Crippen molar-refractivity contribution in [2.75, 3.05) is 0 Å². The van der Waals surface area contributed by atoms with E-state index in [1.807, 2.05) is 26.8 Å². The Morgan fingerprint density at radius 1 is 1.19 bits per heavy atom. The minimum Gasteiger partial charge on any atom is -0.305 e. The largest absolute Gasteiger partial charge is 0.320 e. The molecular weight excluding hydrogens is 288 g/mol. The van der Waals surface area contributed by atoms with Gasteiger partial charge in [0.1, 0.15) is 0 Å².